The number of rotatable bonds is 3. The molecular formula is C14H19ClO. The fourth-order valence-electron chi connectivity index (χ4n) is 1.75. The topological polar surface area (TPSA) is 17.1 Å². The maximum atomic E-state index is 12.3. The van der Waals surface area contributed by atoms with Crippen LogP contribution in [-0.4, -0.2) is 5.78 Å². The highest BCUT2D eigenvalue weighted by molar-refractivity contribution is 6.31. The highest BCUT2D eigenvalue weighted by atomic mass is 35.5. The lowest BCUT2D eigenvalue weighted by Gasteiger charge is -2.22. The minimum Gasteiger partial charge on any atom is -0.294 e. The van der Waals surface area contributed by atoms with Gasteiger partial charge >= 0.3 is 0 Å². The van der Waals surface area contributed by atoms with Gasteiger partial charge < -0.3 is 0 Å². The highest BCUT2D eigenvalue weighted by Gasteiger charge is 2.21. The van der Waals surface area contributed by atoms with Crippen molar-refractivity contribution in [2.24, 2.45) is 11.3 Å². The van der Waals surface area contributed by atoms with E-state index in [4.69, 9.17) is 13.0 Å². The van der Waals surface area contributed by atoms with Gasteiger partial charge in [0.1, 0.15) is 0 Å². The second kappa shape index (κ2) is 5.01. The van der Waals surface area contributed by atoms with E-state index in [1.807, 2.05) is 20.8 Å². The summed E-state index contributed by atoms with van der Waals surface area (Å²) in [5.41, 5.74) is 0.462. The average molecular weight is 240 g/mol. The van der Waals surface area contributed by atoms with Crippen LogP contribution in [0.3, 0.4) is 0 Å². The van der Waals surface area contributed by atoms with E-state index in [0.29, 0.717) is 17.0 Å². The minimum absolute atomic E-state index is 0.0509. The van der Waals surface area contributed by atoms with Crippen molar-refractivity contribution in [2.45, 2.75) is 34.1 Å². The number of carbonyl (C=O) groups excluding carboxylic acids is 1. The summed E-state index contributed by atoms with van der Waals surface area (Å²) in [6.45, 7) is 7.77. The van der Waals surface area contributed by atoms with Gasteiger partial charge in [0.05, 0.1) is 0 Å². The van der Waals surface area contributed by atoms with Crippen molar-refractivity contribution in [3.8, 4) is 0 Å². The molecule has 0 aliphatic heterocycles. The second-order valence-corrected chi connectivity index (χ2v) is 5.79. The van der Waals surface area contributed by atoms with E-state index in [2.05, 4.69) is 0 Å². The maximum Gasteiger partial charge on any atom is 0.165 e. The Morgan fingerprint density at radius 2 is 2.12 bits per heavy atom. The zero-order valence-electron chi connectivity index (χ0n) is 11.3. The van der Waals surface area contributed by atoms with Crippen LogP contribution in [0.15, 0.2) is 24.3 Å². The molecular weight excluding hydrogens is 220 g/mol. The maximum absolute atomic E-state index is 12.3. The molecule has 0 aromatic heterocycles. The van der Waals surface area contributed by atoms with Crippen LogP contribution in [0, 0.1) is 11.3 Å². The van der Waals surface area contributed by atoms with Crippen molar-refractivity contribution in [1.29, 1.82) is 0 Å². The molecule has 1 nitrogen and oxygen atoms in total. The fourth-order valence-corrected chi connectivity index (χ4v) is 1.94. The first-order valence-corrected chi connectivity index (χ1v) is 5.80. The Balaban J connectivity index is 2.96. The van der Waals surface area contributed by atoms with E-state index in [1.54, 1.807) is 31.2 Å². The SMILES string of the molecule is [2H][C@@](C)(CC(C)(C)C)C(=O)c1cccc(Cl)c1. The van der Waals surface area contributed by atoms with Crippen LogP contribution in [-0.2, 0) is 0 Å². The molecule has 0 amide bonds. The molecule has 0 spiro atoms. The number of carbonyl (C=O) groups is 1. The Bertz CT molecular complexity index is 418. The molecule has 16 heavy (non-hydrogen) atoms. The van der Waals surface area contributed by atoms with Crippen LogP contribution in [0.4, 0.5) is 0 Å². The summed E-state index contributed by atoms with van der Waals surface area (Å²) >= 11 is 5.86. The van der Waals surface area contributed by atoms with Crippen molar-refractivity contribution < 1.29 is 6.17 Å². The lowest BCUT2D eigenvalue weighted by molar-refractivity contribution is 0.0897. The third-order valence-corrected chi connectivity index (χ3v) is 2.51. The van der Waals surface area contributed by atoms with Crippen molar-refractivity contribution in [2.75, 3.05) is 0 Å². The molecule has 0 aliphatic carbocycles. The molecule has 0 N–H and O–H groups in total. The van der Waals surface area contributed by atoms with E-state index in [9.17, 15) is 4.79 Å². The van der Waals surface area contributed by atoms with Crippen LogP contribution in [0.25, 0.3) is 0 Å². The van der Waals surface area contributed by atoms with E-state index in [-0.39, 0.29) is 11.2 Å². The Morgan fingerprint density at radius 3 is 2.62 bits per heavy atom. The number of halogens is 1. The second-order valence-electron chi connectivity index (χ2n) is 5.36. The van der Waals surface area contributed by atoms with Crippen molar-refractivity contribution in [1.82, 2.24) is 0 Å². The molecule has 1 atom stereocenters. The number of benzene rings is 1. The third-order valence-electron chi connectivity index (χ3n) is 2.27. The average Bonchev–Trinajstić information content (AvgIpc) is 2.12. The van der Waals surface area contributed by atoms with E-state index < -0.39 is 5.89 Å². The molecule has 0 saturated heterocycles. The summed E-state index contributed by atoms with van der Waals surface area (Å²) in [4.78, 5) is 12.3. The summed E-state index contributed by atoms with van der Waals surface area (Å²) in [7, 11) is 0. The van der Waals surface area contributed by atoms with Gasteiger partial charge in [0.25, 0.3) is 0 Å². The Hall–Kier alpha value is -0.820. The van der Waals surface area contributed by atoms with Gasteiger partial charge in [-0.3, -0.25) is 4.79 Å². The Kier molecular flexibility index (Phi) is 3.65. The van der Waals surface area contributed by atoms with Gasteiger partial charge in [0.15, 0.2) is 5.78 Å². The lowest BCUT2D eigenvalue weighted by Crippen LogP contribution is -2.18. The molecule has 2 heteroatoms. The Labute approximate surface area is 104 Å². The number of Topliss-reactive ketones (excluding diaryl/α,β-unsaturated/α-hetero) is 1. The summed E-state index contributed by atoms with van der Waals surface area (Å²) in [6, 6.07) is 6.80. The van der Waals surface area contributed by atoms with Gasteiger partial charge in [0.2, 0.25) is 0 Å². The zero-order valence-corrected chi connectivity index (χ0v) is 11.1. The number of hydrogen-bond acceptors (Lipinski definition) is 1. The molecule has 1 rings (SSSR count). The molecule has 0 radical (unpaired) electrons. The molecule has 0 saturated carbocycles. The van der Waals surface area contributed by atoms with Crippen molar-refractivity contribution in [3.63, 3.8) is 0 Å². The van der Waals surface area contributed by atoms with Crippen LogP contribution in [0.5, 0.6) is 0 Å². The van der Waals surface area contributed by atoms with Crippen molar-refractivity contribution >= 4 is 17.4 Å². The number of ketones is 1. The first kappa shape index (κ1) is 11.7. The minimum atomic E-state index is -1.11. The first-order chi connectivity index (χ1) is 7.62. The smallest absolute Gasteiger partial charge is 0.165 e. The van der Waals surface area contributed by atoms with Gasteiger partial charge in [-0.25, -0.2) is 0 Å². The largest absolute Gasteiger partial charge is 0.294 e. The van der Waals surface area contributed by atoms with E-state index >= 15 is 0 Å². The quantitative estimate of drug-likeness (QED) is 0.705. The van der Waals surface area contributed by atoms with Gasteiger partial charge in [-0.15, -0.1) is 0 Å². The molecule has 0 heterocycles. The monoisotopic (exact) mass is 239 g/mol. The van der Waals surface area contributed by atoms with Crippen LogP contribution in [0.1, 0.15) is 45.8 Å². The van der Waals surface area contributed by atoms with Crippen LogP contribution in [0.2, 0.25) is 5.02 Å². The first-order valence-electron chi connectivity index (χ1n) is 5.92. The lowest BCUT2D eigenvalue weighted by atomic mass is 9.82. The number of hydrogen-bond donors (Lipinski definition) is 0. The van der Waals surface area contributed by atoms with E-state index in [0.717, 1.165) is 0 Å². The predicted molar refractivity (Wildman–Crippen MR) is 69.0 cm³/mol. The summed E-state index contributed by atoms with van der Waals surface area (Å²) < 4.78 is 8.20. The van der Waals surface area contributed by atoms with Gasteiger partial charge in [-0.2, -0.15) is 0 Å². The summed E-state index contributed by atoms with van der Waals surface area (Å²) in [5, 5.41) is 0.530. The zero-order chi connectivity index (χ0) is 13.3. The molecule has 0 fully saturated rings. The molecule has 0 bridgehead atoms. The molecule has 88 valence electrons. The molecule has 0 aliphatic rings. The molecule has 1 aromatic rings. The highest BCUT2D eigenvalue weighted by Crippen LogP contribution is 2.26. The van der Waals surface area contributed by atoms with Gasteiger partial charge in [-0.1, -0.05) is 51.4 Å². The van der Waals surface area contributed by atoms with E-state index in [1.165, 1.54) is 0 Å². The van der Waals surface area contributed by atoms with Crippen LogP contribution < -0.4 is 0 Å². The fraction of sp³-hybridized carbons (Fsp3) is 0.500. The summed E-state index contributed by atoms with van der Waals surface area (Å²) in [5.74, 6) is -1.28. The normalized spacial score (nSPS) is 16.4. The standard InChI is InChI=1S/C14H19ClO/c1-10(9-14(2,3)4)13(16)11-6-5-7-12(15)8-11/h5-8,10H,9H2,1-4H3/t10-/m1/s1/i10D. The molecule has 1 aromatic carbocycles. The third kappa shape index (κ3) is 3.97. The molecule has 0 unspecified atom stereocenters. The van der Waals surface area contributed by atoms with Gasteiger partial charge in [-0.05, 0) is 24.0 Å². The van der Waals surface area contributed by atoms with Gasteiger partial charge in [0, 0.05) is 17.9 Å². The Morgan fingerprint density at radius 1 is 1.50 bits per heavy atom. The van der Waals surface area contributed by atoms with Crippen LogP contribution >= 0.6 is 11.6 Å². The predicted octanol–water partition coefficient (Wildman–Crippen LogP) is 4.60. The van der Waals surface area contributed by atoms with Crippen molar-refractivity contribution in [3.05, 3.63) is 34.9 Å². The summed E-state index contributed by atoms with van der Waals surface area (Å²) in [6.07, 6.45) is 0.519.